The highest BCUT2D eigenvalue weighted by atomic mass is 35.5. The third-order valence-corrected chi connectivity index (χ3v) is 3.96. The summed E-state index contributed by atoms with van der Waals surface area (Å²) in [5, 5.41) is 0.674. The zero-order chi connectivity index (χ0) is 13.7. The van der Waals surface area contributed by atoms with Gasteiger partial charge in [0.25, 0.3) is 0 Å². The number of ether oxygens (including phenoxy) is 1. The van der Waals surface area contributed by atoms with Crippen LogP contribution in [0.4, 0.5) is 0 Å². The van der Waals surface area contributed by atoms with Gasteiger partial charge in [-0.25, -0.2) is 0 Å². The molecule has 2 nitrogen and oxygen atoms in total. The number of carbonyl (C=O) groups excluding carboxylic acids is 1. The molecule has 0 aliphatic heterocycles. The van der Waals surface area contributed by atoms with Crippen LogP contribution in [-0.2, 0) is 4.74 Å². The highest BCUT2D eigenvalue weighted by Gasteiger charge is 2.20. The average molecular weight is 293 g/mol. The lowest BCUT2D eigenvalue weighted by Gasteiger charge is -2.13. The molecule has 98 valence electrons. The Labute approximate surface area is 121 Å². The SMILES string of the molecule is CO[C@H](Sc1ccc(Cl)cc1)C(=O)c1ccccc1. The molecule has 4 heteroatoms. The van der Waals surface area contributed by atoms with Gasteiger partial charge in [-0.1, -0.05) is 53.7 Å². The van der Waals surface area contributed by atoms with E-state index in [0.29, 0.717) is 10.6 Å². The number of rotatable bonds is 5. The first-order valence-electron chi connectivity index (χ1n) is 5.75. The number of hydrogen-bond donors (Lipinski definition) is 0. The number of hydrogen-bond acceptors (Lipinski definition) is 3. The van der Waals surface area contributed by atoms with Gasteiger partial charge in [0.1, 0.15) is 0 Å². The molecule has 2 aromatic rings. The minimum absolute atomic E-state index is 0.0388. The molecule has 0 aromatic heterocycles. The summed E-state index contributed by atoms with van der Waals surface area (Å²) in [7, 11) is 1.54. The van der Waals surface area contributed by atoms with Crippen LogP contribution >= 0.6 is 23.4 Å². The third kappa shape index (κ3) is 3.83. The van der Waals surface area contributed by atoms with Crippen molar-refractivity contribution in [3.8, 4) is 0 Å². The van der Waals surface area contributed by atoms with Crippen LogP contribution in [0, 0.1) is 0 Å². The zero-order valence-corrected chi connectivity index (χ0v) is 11.9. The largest absolute Gasteiger partial charge is 0.362 e. The van der Waals surface area contributed by atoms with Crippen LogP contribution in [0.1, 0.15) is 10.4 Å². The smallest absolute Gasteiger partial charge is 0.202 e. The van der Waals surface area contributed by atoms with Gasteiger partial charge in [-0.15, -0.1) is 0 Å². The van der Waals surface area contributed by atoms with Gasteiger partial charge in [-0.3, -0.25) is 4.79 Å². The Morgan fingerprint density at radius 1 is 1.11 bits per heavy atom. The van der Waals surface area contributed by atoms with E-state index in [4.69, 9.17) is 16.3 Å². The molecule has 0 aliphatic carbocycles. The van der Waals surface area contributed by atoms with E-state index in [9.17, 15) is 4.79 Å². The summed E-state index contributed by atoms with van der Waals surface area (Å²) >= 11 is 7.20. The van der Waals surface area contributed by atoms with E-state index >= 15 is 0 Å². The Bertz CT molecular complexity index is 540. The summed E-state index contributed by atoms with van der Waals surface area (Å²) in [6, 6.07) is 16.5. The molecule has 1 atom stereocenters. The van der Waals surface area contributed by atoms with Gasteiger partial charge in [0.2, 0.25) is 5.78 Å². The third-order valence-electron chi connectivity index (χ3n) is 2.54. The van der Waals surface area contributed by atoms with Crippen molar-refractivity contribution in [1.29, 1.82) is 0 Å². The summed E-state index contributed by atoms with van der Waals surface area (Å²) < 4.78 is 5.28. The quantitative estimate of drug-likeness (QED) is 0.467. The van der Waals surface area contributed by atoms with E-state index in [-0.39, 0.29) is 5.78 Å². The van der Waals surface area contributed by atoms with E-state index in [0.717, 1.165) is 4.90 Å². The molecule has 19 heavy (non-hydrogen) atoms. The highest BCUT2D eigenvalue weighted by molar-refractivity contribution is 8.00. The highest BCUT2D eigenvalue weighted by Crippen LogP contribution is 2.27. The standard InChI is InChI=1S/C15H13ClO2S/c1-18-15(14(17)11-5-3-2-4-6-11)19-13-9-7-12(16)8-10-13/h2-10,15H,1H3/t15-/m1/s1. The van der Waals surface area contributed by atoms with Crippen molar-refractivity contribution in [1.82, 2.24) is 0 Å². The van der Waals surface area contributed by atoms with Gasteiger partial charge in [0, 0.05) is 22.6 Å². The van der Waals surface area contributed by atoms with Crippen LogP contribution in [0.3, 0.4) is 0 Å². The van der Waals surface area contributed by atoms with Gasteiger partial charge in [0.15, 0.2) is 5.44 Å². The second-order valence-electron chi connectivity index (χ2n) is 3.87. The summed E-state index contributed by atoms with van der Waals surface area (Å²) in [6.45, 7) is 0. The number of halogens is 1. The maximum atomic E-state index is 12.3. The molecule has 0 radical (unpaired) electrons. The van der Waals surface area contributed by atoms with Crippen LogP contribution in [0.2, 0.25) is 5.02 Å². The van der Waals surface area contributed by atoms with Gasteiger partial charge >= 0.3 is 0 Å². The Kier molecular flexibility index (Phi) is 5.02. The number of Topliss-reactive ketones (excluding diaryl/α,β-unsaturated/α-hetero) is 1. The molecular weight excluding hydrogens is 280 g/mol. The first-order chi connectivity index (χ1) is 9.20. The maximum Gasteiger partial charge on any atom is 0.202 e. The lowest BCUT2D eigenvalue weighted by atomic mass is 10.1. The monoisotopic (exact) mass is 292 g/mol. The second-order valence-corrected chi connectivity index (χ2v) is 5.44. The predicted molar refractivity (Wildman–Crippen MR) is 78.9 cm³/mol. The summed E-state index contributed by atoms with van der Waals surface area (Å²) in [5.74, 6) is -0.0388. The predicted octanol–water partition coefficient (Wildman–Crippen LogP) is 4.29. The fourth-order valence-corrected chi connectivity index (χ4v) is 2.59. The van der Waals surface area contributed by atoms with Crippen molar-refractivity contribution in [2.75, 3.05) is 7.11 Å². The molecule has 0 spiro atoms. The van der Waals surface area contributed by atoms with Gasteiger partial charge in [-0.05, 0) is 24.3 Å². The molecule has 0 bridgehead atoms. The molecule has 0 fully saturated rings. The number of benzene rings is 2. The second kappa shape index (κ2) is 6.75. The molecule has 0 aliphatic rings. The van der Waals surface area contributed by atoms with E-state index in [2.05, 4.69) is 0 Å². The van der Waals surface area contributed by atoms with Crippen LogP contribution in [-0.4, -0.2) is 18.3 Å². The first kappa shape index (κ1) is 14.1. The lowest BCUT2D eigenvalue weighted by Crippen LogP contribution is -2.19. The molecule has 0 unspecified atom stereocenters. The van der Waals surface area contributed by atoms with Crippen molar-refractivity contribution in [3.05, 3.63) is 65.2 Å². The van der Waals surface area contributed by atoms with Crippen LogP contribution in [0.5, 0.6) is 0 Å². The summed E-state index contributed by atoms with van der Waals surface area (Å²) in [5.41, 5.74) is 0.0967. The van der Waals surface area contributed by atoms with Crippen molar-refractivity contribution in [2.45, 2.75) is 10.3 Å². The molecule has 2 aromatic carbocycles. The molecule has 0 N–H and O–H groups in total. The minimum atomic E-state index is -0.552. The van der Waals surface area contributed by atoms with Crippen LogP contribution in [0.15, 0.2) is 59.5 Å². The van der Waals surface area contributed by atoms with Crippen LogP contribution in [0.25, 0.3) is 0 Å². The normalized spacial score (nSPS) is 12.1. The van der Waals surface area contributed by atoms with Gasteiger partial charge in [-0.2, -0.15) is 0 Å². The average Bonchev–Trinajstić information content (AvgIpc) is 2.47. The fraction of sp³-hybridized carbons (Fsp3) is 0.133. The van der Waals surface area contributed by atoms with E-state index in [1.807, 2.05) is 30.3 Å². The molecule has 2 rings (SSSR count). The topological polar surface area (TPSA) is 26.3 Å². The number of ketones is 1. The number of methoxy groups -OCH3 is 1. The van der Waals surface area contributed by atoms with Crippen molar-refractivity contribution < 1.29 is 9.53 Å². The first-order valence-corrected chi connectivity index (χ1v) is 7.01. The van der Waals surface area contributed by atoms with Crippen molar-refractivity contribution in [3.63, 3.8) is 0 Å². The van der Waals surface area contributed by atoms with Crippen molar-refractivity contribution in [2.24, 2.45) is 0 Å². The lowest BCUT2D eigenvalue weighted by molar-refractivity contribution is 0.0794. The maximum absolute atomic E-state index is 12.3. The Balaban J connectivity index is 2.12. The van der Waals surface area contributed by atoms with Crippen LogP contribution < -0.4 is 0 Å². The summed E-state index contributed by atoms with van der Waals surface area (Å²) in [6.07, 6.45) is 0. The molecule has 0 saturated carbocycles. The number of carbonyl (C=O) groups is 1. The Hall–Kier alpha value is -1.29. The van der Waals surface area contributed by atoms with Gasteiger partial charge < -0.3 is 4.74 Å². The Morgan fingerprint density at radius 2 is 1.74 bits per heavy atom. The van der Waals surface area contributed by atoms with Crippen molar-refractivity contribution >= 4 is 29.1 Å². The fourth-order valence-electron chi connectivity index (χ4n) is 1.58. The van der Waals surface area contributed by atoms with Gasteiger partial charge in [0.05, 0.1) is 0 Å². The zero-order valence-electron chi connectivity index (χ0n) is 10.4. The van der Waals surface area contributed by atoms with E-state index < -0.39 is 5.44 Å². The van der Waals surface area contributed by atoms with E-state index in [1.54, 1.807) is 24.3 Å². The number of thioether (sulfide) groups is 1. The molecule has 0 heterocycles. The molecule has 0 saturated heterocycles. The molecule has 0 amide bonds. The Morgan fingerprint density at radius 3 is 2.32 bits per heavy atom. The minimum Gasteiger partial charge on any atom is -0.362 e. The summed E-state index contributed by atoms with van der Waals surface area (Å²) in [4.78, 5) is 13.2. The van der Waals surface area contributed by atoms with E-state index in [1.165, 1.54) is 18.9 Å². The molecular formula is C15H13ClO2S.